The number of hydrogen-bond acceptors (Lipinski definition) is 2. The molecular weight excluding hydrogens is 348 g/mol. The molecule has 20 heavy (non-hydrogen) atoms. The van der Waals surface area contributed by atoms with Gasteiger partial charge in [0.2, 0.25) is 0 Å². The molecule has 3 N–H and O–H groups in total. The van der Waals surface area contributed by atoms with E-state index >= 15 is 0 Å². The number of hydrogen-bond donors (Lipinski definition) is 3. The summed E-state index contributed by atoms with van der Waals surface area (Å²) in [5.74, 6) is -0.942. The third-order valence-corrected chi connectivity index (χ3v) is 3.50. The number of benzene rings is 1. The van der Waals surface area contributed by atoms with Crippen molar-refractivity contribution in [2.75, 3.05) is 5.32 Å². The fourth-order valence-electron chi connectivity index (χ4n) is 1.56. The van der Waals surface area contributed by atoms with E-state index in [-0.39, 0.29) is 12.3 Å². The van der Waals surface area contributed by atoms with Crippen LogP contribution in [0.25, 0.3) is 0 Å². The largest absolute Gasteiger partial charge is 0.481 e. The Morgan fingerprint density at radius 1 is 1.40 bits per heavy atom. The Kier molecular flexibility index (Phi) is 6.29. The molecule has 0 radical (unpaired) electrons. The first-order valence-electron chi connectivity index (χ1n) is 6.04. The maximum absolute atomic E-state index is 11.9. The molecule has 0 aliphatic rings. The van der Waals surface area contributed by atoms with Crippen molar-refractivity contribution in [3.63, 3.8) is 0 Å². The summed E-state index contributed by atoms with van der Waals surface area (Å²) in [4.78, 5) is 22.6. The number of carbonyl (C=O) groups excluding carboxylic acids is 1. The monoisotopic (exact) mass is 362 g/mol. The Bertz CT molecular complexity index is 508. The summed E-state index contributed by atoms with van der Waals surface area (Å²) >= 11 is 9.26. The van der Waals surface area contributed by atoms with Crippen molar-refractivity contribution >= 4 is 45.2 Å². The van der Waals surface area contributed by atoms with Crippen LogP contribution in [-0.4, -0.2) is 23.1 Å². The van der Waals surface area contributed by atoms with Crippen molar-refractivity contribution < 1.29 is 14.7 Å². The quantitative estimate of drug-likeness (QED) is 0.746. The zero-order valence-corrected chi connectivity index (χ0v) is 13.5. The number of nitrogens with one attached hydrogen (secondary N) is 2. The summed E-state index contributed by atoms with van der Waals surface area (Å²) in [7, 11) is 0. The molecule has 1 unspecified atom stereocenters. The van der Waals surface area contributed by atoms with Gasteiger partial charge in [0.25, 0.3) is 0 Å². The van der Waals surface area contributed by atoms with Gasteiger partial charge >= 0.3 is 12.0 Å². The van der Waals surface area contributed by atoms with Crippen LogP contribution in [0, 0.1) is 5.92 Å². The van der Waals surface area contributed by atoms with Crippen molar-refractivity contribution in [3.8, 4) is 0 Å². The van der Waals surface area contributed by atoms with Crippen LogP contribution in [0.15, 0.2) is 22.7 Å². The molecule has 7 heteroatoms. The molecule has 1 aromatic carbocycles. The fourth-order valence-corrected chi connectivity index (χ4v) is 2.28. The standard InChI is InChI=1S/C13H16BrClN2O3/c1-7(2)11(6-12(18)19)17-13(20)16-10-4-3-8(14)5-9(10)15/h3-5,7,11H,6H2,1-2H3,(H,18,19)(H2,16,17,20). The molecule has 0 spiro atoms. The van der Waals surface area contributed by atoms with Crippen LogP contribution in [0.5, 0.6) is 0 Å². The lowest BCUT2D eigenvalue weighted by Crippen LogP contribution is -2.42. The molecule has 5 nitrogen and oxygen atoms in total. The highest BCUT2D eigenvalue weighted by atomic mass is 79.9. The van der Waals surface area contributed by atoms with E-state index in [4.69, 9.17) is 16.7 Å². The molecule has 0 heterocycles. The van der Waals surface area contributed by atoms with Crippen LogP contribution < -0.4 is 10.6 Å². The molecule has 1 rings (SSSR count). The van der Waals surface area contributed by atoms with Crippen LogP contribution in [0.2, 0.25) is 5.02 Å². The van der Waals surface area contributed by atoms with Crippen molar-refractivity contribution in [3.05, 3.63) is 27.7 Å². The Morgan fingerprint density at radius 2 is 2.05 bits per heavy atom. The Hall–Kier alpha value is -1.27. The van der Waals surface area contributed by atoms with E-state index in [1.807, 2.05) is 13.8 Å². The molecule has 0 saturated heterocycles. The second-order valence-corrected chi connectivity index (χ2v) is 5.99. The van der Waals surface area contributed by atoms with E-state index in [2.05, 4.69) is 26.6 Å². The van der Waals surface area contributed by atoms with Gasteiger partial charge < -0.3 is 15.7 Å². The van der Waals surface area contributed by atoms with Crippen molar-refractivity contribution in [1.82, 2.24) is 5.32 Å². The molecule has 0 aliphatic heterocycles. The summed E-state index contributed by atoms with van der Waals surface area (Å²) in [5.41, 5.74) is 0.463. The van der Waals surface area contributed by atoms with Gasteiger partial charge in [0.15, 0.2) is 0 Å². The average molecular weight is 364 g/mol. The maximum atomic E-state index is 11.9. The van der Waals surface area contributed by atoms with Crippen LogP contribution in [0.4, 0.5) is 10.5 Å². The number of aliphatic carboxylic acids is 1. The van der Waals surface area contributed by atoms with Crippen molar-refractivity contribution in [2.24, 2.45) is 5.92 Å². The number of urea groups is 1. The summed E-state index contributed by atoms with van der Waals surface area (Å²) in [6.45, 7) is 3.70. The predicted molar refractivity (Wildman–Crippen MR) is 82.2 cm³/mol. The van der Waals surface area contributed by atoms with Crippen LogP contribution in [-0.2, 0) is 4.79 Å². The topological polar surface area (TPSA) is 78.4 Å². The number of anilines is 1. The molecule has 1 aromatic rings. The summed E-state index contributed by atoms with van der Waals surface area (Å²) in [5, 5.41) is 14.4. The molecule has 0 bridgehead atoms. The smallest absolute Gasteiger partial charge is 0.319 e. The molecule has 0 fully saturated rings. The first-order chi connectivity index (χ1) is 9.29. The highest BCUT2D eigenvalue weighted by Crippen LogP contribution is 2.25. The average Bonchev–Trinajstić information content (AvgIpc) is 2.31. The van der Waals surface area contributed by atoms with Gasteiger partial charge in [-0.05, 0) is 24.1 Å². The zero-order valence-electron chi connectivity index (χ0n) is 11.1. The normalized spacial score (nSPS) is 12.1. The van der Waals surface area contributed by atoms with E-state index in [9.17, 15) is 9.59 Å². The Labute approximate surface area is 130 Å². The van der Waals surface area contributed by atoms with E-state index < -0.39 is 18.0 Å². The van der Waals surface area contributed by atoms with Crippen LogP contribution in [0.1, 0.15) is 20.3 Å². The van der Waals surface area contributed by atoms with Crippen LogP contribution in [0.3, 0.4) is 0 Å². The first-order valence-corrected chi connectivity index (χ1v) is 7.21. The molecule has 0 saturated carbocycles. The van der Waals surface area contributed by atoms with E-state index in [0.29, 0.717) is 10.7 Å². The number of carboxylic acid groups (broad SMARTS) is 1. The fraction of sp³-hybridized carbons (Fsp3) is 0.385. The number of amides is 2. The van der Waals surface area contributed by atoms with Gasteiger partial charge in [-0.3, -0.25) is 4.79 Å². The van der Waals surface area contributed by atoms with Gasteiger partial charge in [-0.15, -0.1) is 0 Å². The van der Waals surface area contributed by atoms with Crippen molar-refractivity contribution in [1.29, 1.82) is 0 Å². The van der Waals surface area contributed by atoms with Gasteiger partial charge in [-0.1, -0.05) is 41.4 Å². The predicted octanol–water partition coefficient (Wildman–Crippen LogP) is 3.72. The second-order valence-electron chi connectivity index (χ2n) is 4.67. The van der Waals surface area contributed by atoms with Gasteiger partial charge in [0.05, 0.1) is 17.1 Å². The molecule has 1 atom stereocenters. The molecular formula is C13H16BrClN2O3. The minimum Gasteiger partial charge on any atom is -0.481 e. The lowest BCUT2D eigenvalue weighted by molar-refractivity contribution is -0.137. The van der Waals surface area contributed by atoms with Gasteiger partial charge in [0, 0.05) is 10.5 Å². The third-order valence-electron chi connectivity index (χ3n) is 2.70. The Morgan fingerprint density at radius 3 is 2.55 bits per heavy atom. The summed E-state index contributed by atoms with van der Waals surface area (Å²) in [6.07, 6.45) is -0.126. The SMILES string of the molecule is CC(C)C(CC(=O)O)NC(=O)Nc1ccc(Br)cc1Cl. The number of carbonyl (C=O) groups is 2. The molecule has 0 aliphatic carbocycles. The first kappa shape index (κ1) is 16.8. The Balaban J connectivity index is 2.68. The minimum absolute atomic E-state index is 0.0113. The lowest BCUT2D eigenvalue weighted by atomic mass is 10.0. The molecule has 110 valence electrons. The minimum atomic E-state index is -0.953. The lowest BCUT2D eigenvalue weighted by Gasteiger charge is -2.21. The summed E-state index contributed by atoms with van der Waals surface area (Å²) in [6, 6.07) is 4.15. The van der Waals surface area contributed by atoms with Gasteiger partial charge in [0.1, 0.15) is 0 Å². The second kappa shape index (κ2) is 7.50. The van der Waals surface area contributed by atoms with E-state index in [1.54, 1.807) is 18.2 Å². The third kappa shape index (κ3) is 5.38. The molecule has 2 amide bonds. The maximum Gasteiger partial charge on any atom is 0.319 e. The van der Waals surface area contributed by atoms with E-state index in [1.165, 1.54) is 0 Å². The number of carboxylic acids is 1. The number of halogens is 2. The molecule has 0 aromatic heterocycles. The number of rotatable bonds is 5. The van der Waals surface area contributed by atoms with Crippen LogP contribution >= 0.6 is 27.5 Å². The summed E-state index contributed by atoms with van der Waals surface area (Å²) < 4.78 is 0.805. The van der Waals surface area contributed by atoms with E-state index in [0.717, 1.165) is 4.47 Å². The van der Waals surface area contributed by atoms with Gasteiger partial charge in [-0.2, -0.15) is 0 Å². The highest BCUT2D eigenvalue weighted by molar-refractivity contribution is 9.10. The van der Waals surface area contributed by atoms with Crippen molar-refractivity contribution in [2.45, 2.75) is 26.3 Å². The van der Waals surface area contributed by atoms with Gasteiger partial charge in [-0.25, -0.2) is 4.79 Å². The zero-order chi connectivity index (χ0) is 15.3. The highest BCUT2D eigenvalue weighted by Gasteiger charge is 2.19.